The molecular formula is C57H68O9SeSi. The van der Waals surface area contributed by atoms with Crippen LogP contribution in [-0.2, 0) is 23.4 Å². The van der Waals surface area contributed by atoms with Crippen molar-refractivity contribution >= 4 is 49.9 Å². The molecule has 1 saturated heterocycles. The first-order chi connectivity index (χ1) is 32.6. The fourth-order valence-electron chi connectivity index (χ4n) is 8.84. The second kappa shape index (κ2) is 24.0. The maximum absolute atomic E-state index is 14.0. The maximum atomic E-state index is 14.0. The summed E-state index contributed by atoms with van der Waals surface area (Å²) in [6, 6.07) is 44.2. The summed E-state index contributed by atoms with van der Waals surface area (Å²) in [6.45, 7) is 20.5. The van der Waals surface area contributed by atoms with Gasteiger partial charge in [0.1, 0.15) is 0 Å². The second-order valence-corrected chi connectivity index (χ2v) is 25.6. The molecule has 1 heterocycles. The van der Waals surface area contributed by atoms with Gasteiger partial charge in [-0.2, -0.15) is 0 Å². The Labute approximate surface area is 411 Å². The van der Waals surface area contributed by atoms with Crippen molar-refractivity contribution in [2.75, 3.05) is 20.5 Å². The summed E-state index contributed by atoms with van der Waals surface area (Å²) < 4.78 is 46.0. The van der Waals surface area contributed by atoms with E-state index in [4.69, 9.17) is 32.8 Å². The summed E-state index contributed by atoms with van der Waals surface area (Å²) in [6.07, 6.45) is 4.63. The molecule has 11 heteroatoms. The molecule has 9 nitrogen and oxygen atoms in total. The number of benzene rings is 5. The Morgan fingerprint density at radius 1 is 0.824 bits per heavy atom. The van der Waals surface area contributed by atoms with Gasteiger partial charge in [0.2, 0.25) is 0 Å². The van der Waals surface area contributed by atoms with Crippen molar-refractivity contribution in [3.63, 3.8) is 0 Å². The van der Waals surface area contributed by atoms with Gasteiger partial charge < -0.3 is 0 Å². The Bertz CT molecular complexity index is 2380. The van der Waals surface area contributed by atoms with Gasteiger partial charge in [0, 0.05) is 0 Å². The Kier molecular flexibility index (Phi) is 18.4. The van der Waals surface area contributed by atoms with Crippen molar-refractivity contribution in [1.29, 1.82) is 0 Å². The molecule has 0 radical (unpaired) electrons. The summed E-state index contributed by atoms with van der Waals surface area (Å²) in [5.41, 5.74) is 1.74. The Hall–Kier alpha value is -5.10. The van der Waals surface area contributed by atoms with Gasteiger partial charge in [0.05, 0.1) is 0 Å². The fraction of sp³-hybridized carbons (Fsp3) is 0.368. The SMILES string of the molecule is C=CCOc1cc(OCOC)c(C(C)=O)c(C(CC[C@@H]2OC(C)(C)O[C@@H]2C(/C=C\[C@@H](C)[C@H](C)O[Si](c2ccccc2)(c2ccccc2)C(C)(C)C)OC(=O)c2ccccc2)[Se]c2ccccc2)c1. The van der Waals surface area contributed by atoms with Crippen LogP contribution in [0.3, 0.4) is 0 Å². The third-order valence-corrected chi connectivity index (χ3v) is 20.1. The Morgan fingerprint density at radius 3 is 1.97 bits per heavy atom. The standard InChI is InChI=1S/C57H68O9SeSi/c1-11-36-61-44-37-48(53(41(3)58)51(38-44)62-39-60-10)52(67-45-26-18-13-19-27-45)35-34-50-54(65-57(8,9)64-50)49(63-55(59)43-24-16-12-17-25-43)33-32-40(2)42(4)66-68(56(5,6)7,46-28-20-14-21-29-46)47-30-22-15-23-31-47/h11-33,37-38,40,42,49-50,52,54H,1,34-36,39H2,2-10H3/b33-32-/t40-,42+,49?,50+,52?,54-/m1/s1. The van der Waals surface area contributed by atoms with Crippen LogP contribution in [0.5, 0.6) is 11.5 Å². The van der Waals surface area contributed by atoms with Crippen molar-refractivity contribution in [2.24, 2.45) is 5.92 Å². The first-order valence-corrected chi connectivity index (χ1v) is 27.2. The van der Waals surface area contributed by atoms with Crippen LogP contribution in [0.15, 0.2) is 158 Å². The van der Waals surface area contributed by atoms with E-state index < -0.39 is 38.4 Å². The van der Waals surface area contributed by atoms with E-state index in [0.29, 0.717) is 35.5 Å². The zero-order chi connectivity index (χ0) is 48.9. The van der Waals surface area contributed by atoms with Crippen LogP contribution in [0.1, 0.15) is 99.3 Å². The van der Waals surface area contributed by atoms with E-state index in [9.17, 15) is 9.59 Å². The van der Waals surface area contributed by atoms with Gasteiger partial charge in [-0.1, -0.05) is 81.4 Å². The number of ketones is 1. The number of Topliss-reactive ketones (excluding diaryl/α,β-unsaturated/α-hetero) is 1. The molecule has 0 aliphatic carbocycles. The molecule has 1 aliphatic heterocycles. The predicted molar refractivity (Wildman–Crippen MR) is 274 cm³/mol. The van der Waals surface area contributed by atoms with Gasteiger partial charge >= 0.3 is 317 Å². The molecule has 1 fully saturated rings. The monoisotopic (exact) mass is 1000 g/mol. The molecule has 68 heavy (non-hydrogen) atoms. The molecule has 0 bridgehead atoms. The molecule has 6 atom stereocenters. The van der Waals surface area contributed by atoms with Gasteiger partial charge in [0.15, 0.2) is 0 Å². The van der Waals surface area contributed by atoms with Crippen molar-refractivity contribution in [1.82, 2.24) is 0 Å². The molecule has 0 N–H and O–H groups in total. The number of rotatable bonds is 23. The predicted octanol–water partition coefficient (Wildman–Crippen LogP) is 10.2. The van der Waals surface area contributed by atoms with Crippen molar-refractivity contribution in [3.05, 3.63) is 175 Å². The zero-order valence-electron chi connectivity index (χ0n) is 41.0. The fourth-order valence-corrected chi connectivity index (χ4v) is 16.2. The van der Waals surface area contributed by atoms with E-state index in [2.05, 4.69) is 108 Å². The molecule has 0 aromatic heterocycles. The number of ether oxygens (including phenoxy) is 6. The van der Waals surface area contributed by atoms with Gasteiger partial charge in [-0.15, -0.1) is 0 Å². The summed E-state index contributed by atoms with van der Waals surface area (Å²) in [4.78, 5) is 27.5. The number of carbonyl (C=O) groups is 2. The third-order valence-electron chi connectivity index (χ3n) is 12.2. The van der Waals surface area contributed by atoms with Crippen molar-refractivity contribution in [3.8, 4) is 11.5 Å². The molecule has 0 amide bonds. The van der Waals surface area contributed by atoms with Crippen LogP contribution in [0, 0.1) is 5.92 Å². The van der Waals surface area contributed by atoms with E-state index in [1.807, 2.05) is 74.5 Å². The molecule has 5 aromatic rings. The molecule has 360 valence electrons. The van der Waals surface area contributed by atoms with Crippen LogP contribution in [-0.4, -0.2) is 85.7 Å². The quantitative estimate of drug-likeness (QED) is 0.0208. The van der Waals surface area contributed by atoms with Crippen molar-refractivity contribution in [2.45, 2.75) is 108 Å². The number of hydrogen-bond acceptors (Lipinski definition) is 9. The minimum atomic E-state index is -2.88. The van der Waals surface area contributed by atoms with Crippen LogP contribution in [0.25, 0.3) is 0 Å². The average Bonchev–Trinajstić information content (AvgIpc) is 3.65. The van der Waals surface area contributed by atoms with Crippen LogP contribution < -0.4 is 24.3 Å². The summed E-state index contributed by atoms with van der Waals surface area (Å²) in [7, 11) is -1.33. The van der Waals surface area contributed by atoms with E-state index in [-0.39, 0.29) is 56.0 Å². The zero-order valence-corrected chi connectivity index (χ0v) is 43.7. The Morgan fingerprint density at radius 2 is 1.41 bits per heavy atom. The number of carbonyl (C=O) groups excluding carboxylic acids is 2. The molecular weight excluding hydrogens is 936 g/mol. The summed E-state index contributed by atoms with van der Waals surface area (Å²) in [5.74, 6) is -0.732. The first-order valence-electron chi connectivity index (χ1n) is 23.4. The summed E-state index contributed by atoms with van der Waals surface area (Å²) >= 11 is -0.152. The number of hydrogen-bond donors (Lipinski definition) is 0. The average molecular weight is 1000 g/mol. The van der Waals surface area contributed by atoms with Crippen molar-refractivity contribution < 1.29 is 42.4 Å². The third kappa shape index (κ3) is 13.1. The minimum absolute atomic E-state index is 0.0390. The molecule has 5 aromatic carbocycles. The Balaban J connectivity index is 1.36. The van der Waals surface area contributed by atoms with Gasteiger partial charge in [-0.05, 0) is 15.4 Å². The molecule has 0 saturated carbocycles. The molecule has 6 rings (SSSR count). The summed E-state index contributed by atoms with van der Waals surface area (Å²) in [5, 5.41) is 2.20. The van der Waals surface area contributed by atoms with E-state index in [1.54, 1.807) is 38.3 Å². The van der Waals surface area contributed by atoms with E-state index in [1.165, 1.54) is 10.4 Å². The van der Waals surface area contributed by atoms with Gasteiger partial charge in [-0.25, -0.2) is 0 Å². The van der Waals surface area contributed by atoms with Gasteiger partial charge in [0.25, 0.3) is 0 Å². The number of methoxy groups -OCH3 is 1. The number of esters is 1. The first kappa shape index (κ1) is 52.3. The van der Waals surface area contributed by atoms with Gasteiger partial charge in [-0.3, -0.25) is 0 Å². The van der Waals surface area contributed by atoms with Crippen LogP contribution in [0.2, 0.25) is 5.04 Å². The normalized spacial score (nSPS) is 17.8. The second-order valence-electron chi connectivity index (χ2n) is 18.7. The van der Waals surface area contributed by atoms with Crippen LogP contribution in [0.4, 0.5) is 0 Å². The molecule has 2 unspecified atom stereocenters. The molecule has 0 spiro atoms. The van der Waals surface area contributed by atoms with E-state index in [0.717, 1.165) is 10.0 Å². The molecule has 1 aliphatic rings. The topological polar surface area (TPSA) is 98.8 Å². The van der Waals surface area contributed by atoms with Crippen LogP contribution >= 0.6 is 0 Å². The van der Waals surface area contributed by atoms with E-state index >= 15 is 0 Å².